The molecule has 2 aromatic rings. The number of hydrogen-bond donors (Lipinski definition) is 1. The third-order valence-electron chi connectivity index (χ3n) is 2.05. The first-order valence-electron chi connectivity index (χ1n) is 4.71. The lowest BCUT2D eigenvalue weighted by atomic mass is 10.3. The quantitative estimate of drug-likeness (QED) is 0.627. The maximum atomic E-state index is 11.7. The Kier molecular flexibility index (Phi) is 2.93. The van der Waals surface area contributed by atoms with Crippen LogP contribution in [0.2, 0.25) is 0 Å². The smallest absolute Gasteiger partial charge is 0.420 e. The highest BCUT2D eigenvalue weighted by Crippen LogP contribution is 2.25. The number of aromatic nitrogens is 1. The standard InChI is InChI=1S/C10H10N2O2S2/c1-2-14-9(13)12-7-4-3-6(11)5-8(7)16-10(12)15/h3-5H,2,11H2,1H3. The van der Waals surface area contributed by atoms with Gasteiger partial charge in [-0.05, 0) is 37.3 Å². The normalized spacial score (nSPS) is 10.6. The van der Waals surface area contributed by atoms with E-state index in [1.807, 2.05) is 0 Å². The summed E-state index contributed by atoms with van der Waals surface area (Å²) in [7, 11) is 0. The highest BCUT2D eigenvalue weighted by atomic mass is 32.1. The first-order chi connectivity index (χ1) is 7.63. The van der Waals surface area contributed by atoms with Gasteiger partial charge in [-0.3, -0.25) is 0 Å². The molecule has 2 N–H and O–H groups in total. The van der Waals surface area contributed by atoms with E-state index in [1.165, 1.54) is 15.9 Å². The van der Waals surface area contributed by atoms with Gasteiger partial charge in [0.15, 0.2) is 3.95 Å². The number of nitrogen functional groups attached to an aromatic ring is 1. The lowest BCUT2D eigenvalue weighted by Gasteiger charge is -2.03. The topological polar surface area (TPSA) is 57.2 Å². The molecule has 1 heterocycles. The van der Waals surface area contributed by atoms with Gasteiger partial charge >= 0.3 is 6.09 Å². The minimum atomic E-state index is -0.441. The van der Waals surface area contributed by atoms with Gasteiger partial charge in [0.1, 0.15) is 0 Å². The van der Waals surface area contributed by atoms with Gasteiger partial charge in [-0.25, -0.2) is 9.36 Å². The summed E-state index contributed by atoms with van der Waals surface area (Å²) < 4.78 is 7.68. The second kappa shape index (κ2) is 4.23. The second-order valence-electron chi connectivity index (χ2n) is 3.13. The van der Waals surface area contributed by atoms with Crippen molar-refractivity contribution in [3.05, 3.63) is 22.2 Å². The summed E-state index contributed by atoms with van der Waals surface area (Å²) >= 11 is 6.47. The summed E-state index contributed by atoms with van der Waals surface area (Å²) in [6.07, 6.45) is -0.441. The summed E-state index contributed by atoms with van der Waals surface area (Å²) in [5.74, 6) is 0. The van der Waals surface area contributed by atoms with Crippen molar-refractivity contribution in [3.8, 4) is 0 Å². The lowest BCUT2D eigenvalue weighted by molar-refractivity contribution is 0.155. The van der Waals surface area contributed by atoms with Crippen LogP contribution in [0, 0.1) is 3.95 Å². The number of carbonyl (C=O) groups is 1. The number of ether oxygens (including phenoxy) is 1. The minimum absolute atomic E-state index is 0.326. The summed E-state index contributed by atoms with van der Waals surface area (Å²) in [5, 5.41) is 0. The van der Waals surface area contributed by atoms with E-state index in [1.54, 1.807) is 25.1 Å². The SMILES string of the molecule is CCOC(=O)n1c(=S)sc2cc(N)ccc21. The van der Waals surface area contributed by atoms with E-state index in [9.17, 15) is 4.79 Å². The number of anilines is 1. The Balaban J connectivity index is 2.65. The van der Waals surface area contributed by atoms with Crippen LogP contribution >= 0.6 is 23.6 Å². The molecule has 1 aromatic carbocycles. The number of thiazole rings is 1. The Morgan fingerprint density at radius 2 is 2.38 bits per heavy atom. The third-order valence-corrected chi connectivity index (χ3v) is 3.39. The van der Waals surface area contributed by atoms with Gasteiger partial charge in [-0.15, -0.1) is 11.3 Å². The Morgan fingerprint density at radius 3 is 3.06 bits per heavy atom. The molecular weight excluding hydrogens is 244 g/mol. The molecule has 0 saturated carbocycles. The number of fused-ring (bicyclic) bond motifs is 1. The first-order valence-corrected chi connectivity index (χ1v) is 5.94. The van der Waals surface area contributed by atoms with Gasteiger partial charge in [0.05, 0.1) is 16.8 Å². The molecule has 0 radical (unpaired) electrons. The van der Waals surface area contributed by atoms with Crippen molar-refractivity contribution in [1.29, 1.82) is 0 Å². The molecule has 0 unspecified atom stereocenters. The van der Waals surface area contributed by atoms with Crippen LogP contribution in [0.4, 0.5) is 10.5 Å². The van der Waals surface area contributed by atoms with Gasteiger partial charge in [-0.1, -0.05) is 0 Å². The van der Waals surface area contributed by atoms with Crippen LogP contribution in [-0.2, 0) is 4.74 Å². The van der Waals surface area contributed by atoms with E-state index in [-0.39, 0.29) is 0 Å². The highest BCUT2D eigenvalue weighted by Gasteiger charge is 2.12. The average Bonchev–Trinajstić information content (AvgIpc) is 2.53. The molecule has 0 saturated heterocycles. The van der Waals surface area contributed by atoms with E-state index in [0.29, 0.717) is 16.2 Å². The van der Waals surface area contributed by atoms with Crippen molar-refractivity contribution in [2.45, 2.75) is 6.92 Å². The van der Waals surface area contributed by atoms with Gasteiger partial charge in [0.25, 0.3) is 0 Å². The molecular formula is C10H10N2O2S2. The zero-order chi connectivity index (χ0) is 11.7. The first kappa shape index (κ1) is 11.1. The van der Waals surface area contributed by atoms with Crippen LogP contribution in [-0.4, -0.2) is 17.3 Å². The van der Waals surface area contributed by atoms with Gasteiger partial charge in [0.2, 0.25) is 0 Å². The number of carbonyl (C=O) groups excluding carboxylic acids is 1. The predicted molar refractivity (Wildman–Crippen MR) is 67.5 cm³/mol. The van der Waals surface area contributed by atoms with Crippen molar-refractivity contribution >= 4 is 45.6 Å². The largest absolute Gasteiger partial charge is 0.449 e. The molecule has 0 bridgehead atoms. The van der Waals surface area contributed by atoms with Gasteiger partial charge < -0.3 is 10.5 Å². The molecule has 6 heteroatoms. The molecule has 0 amide bonds. The summed E-state index contributed by atoms with van der Waals surface area (Å²) in [6.45, 7) is 2.08. The number of rotatable bonds is 1. The van der Waals surface area contributed by atoms with E-state index in [0.717, 1.165) is 10.2 Å². The van der Waals surface area contributed by atoms with Crippen LogP contribution in [0.25, 0.3) is 10.2 Å². The van der Waals surface area contributed by atoms with Crippen molar-refractivity contribution in [1.82, 2.24) is 4.57 Å². The fourth-order valence-electron chi connectivity index (χ4n) is 1.40. The van der Waals surface area contributed by atoms with Crippen LogP contribution in [0.15, 0.2) is 18.2 Å². The molecule has 0 aliphatic carbocycles. The van der Waals surface area contributed by atoms with Crippen molar-refractivity contribution < 1.29 is 9.53 Å². The molecule has 4 nitrogen and oxygen atoms in total. The molecule has 84 valence electrons. The molecule has 0 aliphatic rings. The summed E-state index contributed by atoms with van der Waals surface area (Å²) in [6, 6.07) is 5.30. The fourth-order valence-corrected chi connectivity index (χ4v) is 2.75. The molecule has 16 heavy (non-hydrogen) atoms. The van der Waals surface area contributed by atoms with Crippen LogP contribution < -0.4 is 5.73 Å². The van der Waals surface area contributed by atoms with Crippen molar-refractivity contribution in [3.63, 3.8) is 0 Å². The van der Waals surface area contributed by atoms with Gasteiger partial charge in [-0.2, -0.15) is 0 Å². The third kappa shape index (κ3) is 1.81. The van der Waals surface area contributed by atoms with Crippen LogP contribution in [0.5, 0.6) is 0 Å². The predicted octanol–water partition coefficient (Wildman–Crippen LogP) is 3.02. The van der Waals surface area contributed by atoms with Crippen molar-refractivity contribution in [2.75, 3.05) is 12.3 Å². The number of nitrogens with two attached hydrogens (primary N) is 1. The molecule has 2 rings (SSSR count). The number of nitrogens with zero attached hydrogens (tertiary/aromatic N) is 1. The minimum Gasteiger partial charge on any atom is -0.449 e. The van der Waals surface area contributed by atoms with E-state index in [2.05, 4.69) is 0 Å². The van der Waals surface area contributed by atoms with E-state index in [4.69, 9.17) is 22.7 Å². The van der Waals surface area contributed by atoms with Crippen molar-refractivity contribution in [2.24, 2.45) is 0 Å². The maximum Gasteiger partial charge on any atom is 0.420 e. The zero-order valence-corrected chi connectivity index (χ0v) is 10.2. The molecule has 0 aliphatic heterocycles. The number of hydrogen-bond acceptors (Lipinski definition) is 5. The fraction of sp³-hybridized carbons (Fsp3) is 0.200. The molecule has 0 spiro atoms. The van der Waals surface area contributed by atoms with E-state index >= 15 is 0 Å². The van der Waals surface area contributed by atoms with Crippen LogP contribution in [0.3, 0.4) is 0 Å². The Labute approximate surface area is 101 Å². The second-order valence-corrected chi connectivity index (χ2v) is 4.81. The van der Waals surface area contributed by atoms with Gasteiger partial charge in [0, 0.05) is 5.69 Å². The van der Waals surface area contributed by atoms with E-state index < -0.39 is 6.09 Å². The Hall–Kier alpha value is -1.40. The molecule has 0 atom stereocenters. The van der Waals surface area contributed by atoms with Crippen LogP contribution in [0.1, 0.15) is 6.92 Å². The summed E-state index contributed by atoms with van der Waals surface area (Å²) in [5.41, 5.74) is 7.06. The molecule has 1 aromatic heterocycles. The monoisotopic (exact) mass is 254 g/mol. The maximum absolute atomic E-state index is 11.7. The zero-order valence-electron chi connectivity index (χ0n) is 8.60. The average molecular weight is 254 g/mol. The lowest BCUT2D eigenvalue weighted by Crippen LogP contribution is -2.12. The Morgan fingerprint density at radius 1 is 1.62 bits per heavy atom. The Bertz CT molecular complexity index is 600. The number of benzene rings is 1. The summed E-state index contributed by atoms with van der Waals surface area (Å²) in [4.78, 5) is 11.7. The highest BCUT2D eigenvalue weighted by molar-refractivity contribution is 7.73. The molecule has 0 fully saturated rings.